The van der Waals surface area contributed by atoms with E-state index in [-0.39, 0.29) is 11.2 Å². The molecule has 0 saturated heterocycles. The first kappa shape index (κ1) is 18.9. The van der Waals surface area contributed by atoms with Crippen LogP contribution >= 0.6 is 11.6 Å². The van der Waals surface area contributed by atoms with E-state index in [0.29, 0.717) is 29.8 Å². The summed E-state index contributed by atoms with van der Waals surface area (Å²) >= 11 is 5.91. The fourth-order valence-corrected chi connectivity index (χ4v) is 2.74. The van der Waals surface area contributed by atoms with Gasteiger partial charge in [0.25, 0.3) is 5.56 Å². The van der Waals surface area contributed by atoms with Gasteiger partial charge in [-0.15, -0.1) is 0 Å². The van der Waals surface area contributed by atoms with Gasteiger partial charge < -0.3 is 9.30 Å². The molecular weight excluding hydrogens is 372 g/mol. The van der Waals surface area contributed by atoms with Gasteiger partial charge in [-0.1, -0.05) is 23.7 Å². The van der Waals surface area contributed by atoms with Crippen molar-refractivity contribution in [2.45, 2.75) is 13.5 Å². The number of aryl methyl sites for hydroxylation is 1. The van der Waals surface area contributed by atoms with E-state index in [4.69, 9.17) is 16.3 Å². The quantitative estimate of drug-likeness (QED) is 0.490. The van der Waals surface area contributed by atoms with Gasteiger partial charge in [-0.05, 0) is 24.6 Å². The Kier molecular flexibility index (Phi) is 5.43. The second kappa shape index (κ2) is 7.77. The van der Waals surface area contributed by atoms with Crippen LogP contribution < -0.4 is 16.7 Å². The summed E-state index contributed by atoms with van der Waals surface area (Å²) in [6, 6.07) is 7.26. The van der Waals surface area contributed by atoms with Gasteiger partial charge in [0, 0.05) is 25.7 Å². The number of aromatic nitrogens is 4. The van der Waals surface area contributed by atoms with E-state index in [1.165, 1.54) is 4.57 Å². The highest BCUT2D eigenvalue weighted by molar-refractivity contribution is 6.30. The number of halogens is 1. The van der Waals surface area contributed by atoms with E-state index in [2.05, 4.69) is 20.5 Å². The van der Waals surface area contributed by atoms with Crippen molar-refractivity contribution >= 4 is 34.4 Å². The molecule has 2 heterocycles. The van der Waals surface area contributed by atoms with E-state index in [1.807, 2.05) is 19.1 Å². The van der Waals surface area contributed by atoms with Gasteiger partial charge in [-0.25, -0.2) is 10.2 Å². The van der Waals surface area contributed by atoms with E-state index in [1.54, 1.807) is 30.9 Å². The predicted octanol–water partition coefficient (Wildman–Crippen LogP) is 1.56. The number of benzene rings is 1. The highest BCUT2D eigenvalue weighted by atomic mass is 35.5. The normalized spacial score (nSPS) is 11.9. The van der Waals surface area contributed by atoms with Crippen LogP contribution in [0, 0.1) is 0 Å². The second-order valence-corrected chi connectivity index (χ2v) is 6.32. The number of H-pyrrole nitrogens is 1. The predicted molar refractivity (Wildman–Crippen MR) is 105 cm³/mol. The second-order valence-electron chi connectivity index (χ2n) is 5.89. The number of hydrazone groups is 1. The molecule has 0 spiro atoms. The van der Waals surface area contributed by atoms with Crippen molar-refractivity contribution in [3.05, 3.63) is 55.7 Å². The number of ether oxygens (including phenoxy) is 1. The molecule has 142 valence electrons. The Balaban J connectivity index is 2.05. The maximum atomic E-state index is 12.3. The van der Waals surface area contributed by atoms with Crippen LogP contribution in [0.5, 0.6) is 0 Å². The summed E-state index contributed by atoms with van der Waals surface area (Å²) in [7, 11) is 3.11. The number of anilines is 1. The van der Waals surface area contributed by atoms with Crippen LogP contribution in [0.3, 0.4) is 0 Å². The zero-order valence-electron chi connectivity index (χ0n) is 15.1. The monoisotopic (exact) mass is 390 g/mol. The Bertz CT molecular complexity index is 1110. The van der Waals surface area contributed by atoms with Crippen LogP contribution in [-0.4, -0.2) is 38.5 Å². The van der Waals surface area contributed by atoms with Gasteiger partial charge in [-0.2, -0.15) is 10.1 Å². The molecule has 27 heavy (non-hydrogen) atoms. The van der Waals surface area contributed by atoms with E-state index in [0.717, 1.165) is 5.56 Å². The zero-order chi connectivity index (χ0) is 19.6. The molecule has 0 amide bonds. The molecule has 0 atom stereocenters. The number of nitrogens with zero attached hydrogens (tertiary/aromatic N) is 4. The smallest absolute Gasteiger partial charge is 0.329 e. The zero-order valence-corrected chi connectivity index (χ0v) is 15.9. The number of hydrogen-bond acceptors (Lipinski definition) is 6. The Labute approximate surface area is 159 Å². The molecule has 2 N–H and O–H groups in total. The van der Waals surface area contributed by atoms with Crippen LogP contribution in [0.2, 0.25) is 5.02 Å². The van der Waals surface area contributed by atoms with Gasteiger partial charge in [0.15, 0.2) is 11.2 Å². The molecule has 3 rings (SSSR count). The molecular formula is C17H19ClN6O3. The third kappa shape index (κ3) is 3.79. The van der Waals surface area contributed by atoms with Crippen LogP contribution in [0.1, 0.15) is 12.5 Å². The maximum absolute atomic E-state index is 12.3. The van der Waals surface area contributed by atoms with E-state index >= 15 is 0 Å². The highest BCUT2D eigenvalue weighted by Crippen LogP contribution is 2.16. The average Bonchev–Trinajstić information content (AvgIpc) is 3.02. The first-order valence-corrected chi connectivity index (χ1v) is 8.55. The van der Waals surface area contributed by atoms with Crippen LogP contribution in [0.25, 0.3) is 11.2 Å². The molecule has 0 fully saturated rings. The van der Waals surface area contributed by atoms with Gasteiger partial charge in [0.2, 0.25) is 5.95 Å². The molecule has 0 aliphatic carbocycles. The summed E-state index contributed by atoms with van der Waals surface area (Å²) in [5.41, 5.74) is 3.97. The SMILES string of the molecule is COCCn1c(N/N=C(/C)c2ccc(Cl)cc2)nc2c1c(=O)[nH]c(=O)n2C. The van der Waals surface area contributed by atoms with Crippen molar-refractivity contribution < 1.29 is 4.74 Å². The van der Waals surface area contributed by atoms with Crippen LogP contribution in [0.4, 0.5) is 5.95 Å². The first-order valence-electron chi connectivity index (χ1n) is 8.17. The van der Waals surface area contributed by atoms with Crippen molar-refractivity contribution in [3.63, 3.8) is 0 Å². The van der Waals surface area contributed by atoms with Crippen molar-refractivity contribution in [1.29, 1.82) is 0 Å². The number of imidazole rings is 1. The highest BCUT2D eigenvalue weighted by Gasteiger charge is 2.17. The van der Waals surface area contributed by atoms with Gasteiger partial charge in [0.1, 0.15) is 0 Å². The number of nitrogens with one attached hydrogen (secondary N) is 2. The third-order valence-electron chi connectivity index (χ3n) is 4.11. The van der Waals surface area contributed by atoms with Crippen molar-refractivity contribution in [3.8, 4) is 0 Å². The summed E-state index contributed by atoms with van der Waals surface area (Å²) < 4.78 is 8.03. The van der Waals surface area contributed by atoms with Gasteiger partial charge in [-0.3, -0.25) is 14.3 Å². The molecule has 3 aromatic rings. The van der Waals surface area contributed by atoms with Crippen molar-refractivity contribution in [2.75, 3.05) is 19.1 Å². The summed E-state index contributed by atoms with van der Waals surface area (Å²) in [6.07, 6.45) is 0. The fourth-order valence-electron chi connectivity index (χ4n) is 2.61. The van der Waals surface area contributed by atoms with Gasteiger partial charge in [0.05, 0.1) is 12.3 Å². The molecule has 10 heteroatoms. The van der Waals surface area contributed by atoms with Crippen molar-refractivity contribution in [2.24, 2.45) is 12.1 Å². The van der Waals surface area contributed by atoms with Gasteiger partial charge >= 0.3 is 5.69 Å². The van der Waals surface area contributed by atoms with E-state index in [9.17, 15) is 9.59 Å². The lowest BCUT2D eigenvalue weighted by Crippen LogP contribution is -2.29. The topological polar surface area (TPSA) is 106 Å². The summed E-state index contributed by atoms with van der Waals surface area (Å²) in [5, 5.41) is 4.98. The minimum Gasteiger partial charge on any atom is -0.383 e. The largest absolute Gasteiger partial charge is 0.383 e. The number of hydrogen-bond donors (Lipinski definition) is 2. The van der Waals surface area contributed by atoms with E-state index < -0.39 is 11.2 Å². The maximum Gasteiger partial charge on any atom is 0.329 e. The number of aromatic amines is 1. The molecule has 1 aromatic carbocycles. The third-order valence-corrected chi connectivity index (χ3v) is 4.36. The molecule has 0 unspecified atom stereocenters. The molecule has 0 aliphatic heterocycles. The Morgan fingerprint density at radius 3 is 2.70 bits per heavy atom. The average molecular weight is 391 g/mol. The lowest BCUT2D eigenvalue weighted by atomic mass is 10.1. The summed E-state index contributed by atoms with van der Waals surface area (Å²) in [5.74, 6) is 0.335. The number of methoxy groups -OCH3 is 1. The standard InChI is InChI=1S/C17H19ClN6O3/c1-10(11-4-6-12(18)7-5-11)21-22-16-19-14-13(24(16)8-9-27-3)15(25)20-17(26)23(14)2/h4-7H,8-9H2,1-3H3,(H,19,22)(H,20,25,26)/b21-10-. The van der Waals surface area contributed by atoms with Crippen molar-refractivity contribution in [1.82, 2.24) is 19.1 Å². The molecule has 2 aromatic heterocycles. The Morgan fingerprint density at radius 1 is 1.33 bits per heavy atom. The molecule has 0 aliphatic rings. The lowest BCUT2D eigenvalue weighted by molar-refractivity contribution is 0.188. The van der Waals surface area contributed by atoms with Crippen LogP contribution in [0.15, 0.2) is 39.0 Å². The first-order chi connectivity index (χ1) is 12.9. The molecule has 0 bridgehead atoms. The summed E-state index contributed by atoms with van der Waals surface area (Å²) in [6.45, 7) is 2.56. The molecule has 9 nitrogen and oxygen atoms in total. The molecule has 0 saturated carbocycles. The van der Waals surface area contributed by atoms with Crippen LogP contribution in [-0.2, 0) is 18.3 Å². The Morgan fingerprint density at radius 2 is 2.04 bits per heavy atom. The minimum absolute atomic E-state index is 0.265. The fraction of sp³-hybridized carbons (Fsp3) is 0.294. The Hall–Kier alpha value is -2.91. The number of rotatable bonds is 6. The number of fused-ring (bicyclic) bond motifs is 1. The molecule has 0 radical (unpaired) electrons. The lowest BCUT2D eigenvalue weighted by Gasteiger charge is -2.08. The minimum atomic E-state index is -0.531. The summed E-state index contributed by atoms with van der Waals surface area (Å²) in [4.78, 5) is 30.8.